The molecule has 1 heterocycles. The third-order valence-corrected chi connectivity index (χ3v) is 11.5. The average molecular weight is 401 g/mol. The zero-order valence-electron chi connectivity index (χ0n) is 20.3. The van der Waals surface area contributed by atoms with Gasteiger partial charge in [-0.3, -0.25) is 0 Å². The van der Waals surface area contributed by atoms with E-state index >= 15 is 0 Å². The molecular weight excluding hydrogens is 352 g/mol. The van der Waals surface area contributed by atoms with Gasteiger partial charge in [-0.25, -0.2) is 0 Å². The lowest BCUT2D eigenvalue weighted by molar-refractivity contribution is -0.125. The molecule has 11 atom stereocenters. The van der Waals surface area contributed by atoms with Crippen LogP contribution in [0, 0.1) is 58.2 Å². The van der Waals surface area contributed by atoms with Crippen LogP contribution < -0.4 is 0 Å². The molecule has 0 bridgehead atoms. The van der Waals surface area contributed by atoms with Gasteiger partial charge in [-0.1, -0.05) is 60.8 Å². The quantitative estimate of drug-likeness (QED) is 0.430. The molecule has 1 aliphatic heterocycles. The molecule has 0 spiro atoms. The molecule has 1 nitrogen and oxygen atoms in total. The third-order valence-electron chi connectivity index (χ3n) is 11.5. The van der Waals surface area contributed by atoms with Gasteiger partial charge < -0.3 is 4.74 Å². The SMILES string of the molecule is CC(C)CCC[C@@H](C)[C@H]1CC[C@H]2[C@@H]3CC[C@H]4[C@@H](C)C[C@H]5O[C@H]5[C@]4(C)[C@H]3CC[C@]12C. The van der Waals surface area contributed by atoms with Crippen molar-refractivity contribution >= 4 is 0 Å². The first-order chi connectivity index (χ1) is 13.8. The maximum atomic E-state index is 6.33. The molecule has 5 rings (SSSR count). The highest BCUT2D eigenvalue weighted by Gasteiger charge is 2.68. The molecule has 0 unspecified atom stereocenters. The molecule has 29 heavy (non-hydrogen) atoms. The van der Waals surface area contributed by atoms with Crippen molar-refractivity contribution in [3.63, 3.8) is 0 Å². The Morgan fingerprint density at radius 1 is 0.897 bits per heavy atom. The van der Waals surface area contributed by atoms with Crippen molar-refractivity contribution in [3.8, 4) is 0 Å². The molecule has 4 saturated carbocycles. The fraction of sp³-hybridized carbons (Fsp3) is 1.00. The normalized spacial score (nSPS) is 54.3. The molecule has 166 valence electrons. The van der Waals surface area contributed by atoms with Crippen molar-refractivity contribution < 1.29 is 4.74 Å². The lowest BCUT2D eigenvalue weighted by Crippen LogP contribution is -2.57. The van der Waals surface area contributed by atoms with E-state index in [9.17, 15) is 0 Å². The summed E-state index contributed by atoms with van der Waals surface area (Å²) >= 11 is 0. The number of fused-ring (bicyclic) bond motifs is 7. The Labute approximate surface area is 181 Å². The Hall–Kier alpha value is -0.0400. The predicted octanol–water partition coefficient (Wildman–Crippen LogP) is 7.73. The van der Waals surface area contributed by atoms with E-state index in [0.717, 1.165) is 47.3 Å². The smallest absolute Gasteiger partial charge is 0.0900 e. The lowest BCUT2D eigenvalue weighted by atomic mass is 9.43. The molecular formula is C28H48O. The van der Waals surface area contributed by atoms with Crippen molar-refractivity contribution in [1.82, 2.24) is 0 Å². The second-order valence-corrected chi connectivity index (χ2v) is 13.3. The summed E-state index contributed by atoms with van der Waals surface area (Å²) in [5.74, 6) is 7.56. The van der Waals surface area contributed by atoms with Gasteiger partial charge >= 0.3 is 0 Å². The summed E-state index contributed by atoms with van der Waals surface area (Å²) in [5.41, 5.74) is 1.12. The number of hydrogen-bond donors (Lipinski definition) is 0. The van der Waals surface area contributed by atoms with E-state index in [4.69, 9.17) is 4.74 Å². The van der Waals surface area contributed by atoms with E-state index in [2.05, 4.69) is 41.5 Å². The molecule has 1 saturated heterocycles. The summed E-state index contributed by atoms with van der Waals surface area (Å²) < 4.78 is 6.33. The van der Waals surface area contributed by atoms with Gasteiger partial charge in [0, 0.05) is 5.41 Å². The van der Waals surface area contributed by atoms with Gasteiger partial charge in [0.2, 0.25) is 0 Å². The molecule has 0 radical (unpaired) electrons. The topological polar surface area (TPSA) is 12.5 Å². The summed E-state index contributed by atoms with van der Waals surface area (Å²) in [6.45, 7) is 15.3. The number of epoxide rings is 1. The van der Waals surface area contributed by atoms with Crippen LogP contribution in [0.2, 0.25) is 0 Å². The minimum atomic E-state index is 0.494. The molecule has 0 amide bonds. The van der Waals surface area contributed by atoms with Crippen LogP contribution in [0.3, 0.4) is 0 Å². The molecule has 0 aromatic heterocycles. The summed E-state index contributed by atoms with van der Waals surface area (Å²) in [4.78, 5) is 0. The van der Waals surface area contributed by atoms with Crippen LogP contribution in [0.15, 0.2) is 0 Å². The van der Waals surface area contributed by atoms with E-state index < -0.39 is 0 Å². The zero-order chi connectivity index (χ0) is 20.6. The Morgan fingerprint density at radius 3 is 2.41 bits per heavy atom. The van der Waals surface area contributed by atoms with Crippen LogP contribution in [0.4, 0.5) is 0 Å². The van der Waals surface area contributed by atoms with E-state index in [0.29, 0.717) is 23.0 Å². The number of hydrogen-bond acceptors (Lipinski definition) is 1. The highest BCUT2D eigenvalue weighted by molar-refractivity contribution is 5.16. The van der Waals surface area contributed by atoms with Gasteiger partial charge in [0.05, 0.1) is 12.2 Å². The fourth-order valence-corrected chi connectivity index (χ4v) is 10.2. The van der Waals surface area contributed by atoms with Crippen molar-refractivity contribution in [2.45, 2.75) is 118 Å². The Bertz CT molecular complexity index is 611. The van der Waals surface area contributed by atoms with Crippen LogP contribution in [-0.4, -0.2) is 12.2 Å². The van der Waals surface area contributed by atoms with Crippen molar-refractivity contribution in [3.05, 3.63) is 0 Å². The number of rotatable bonds is 5. The van der Waals surface area contributed by atoms with Gasteiger partial charge in [-0.2, -0.15) is 0 Å². The first kappa shape index (κ1) is 20.8. The molecule has 1 heteroatoms. The van der Waals surface area contributed by atoms with Gasteiger partial charge in [-0.15, -0.1) is 0 Å². The van der Waals surface area contributed by atoms with Crippen LogP contribution in [-0.2, 0) is 4.74 Å². The van der Waals surface area contributed by atoms with E-state index in [-0.39, 0.29) is 0 Å². The van der Waals surface area contributed by atoms with Crippen LogP contribution >= 0.6 is 0 Å². The average Bonchev–Trinajstić information content (AvgIpc) is 3.34. The summed E-state index contributed by atoms with van der Waals surface area (Å²) in [7, 11) is 0. The van der Waals surface area contributed by atoms with Crippen LogP contribution in [0.1, 0.15) is 106 Å². The minimum absolute atomic E-state index is 0.494. The van der Waals surface area contributed by atoms with Crippen LogP contribution in [0.5, 0.6) is 0 Å². The Kier molecular flexibility index (Phi) is 5.21. The maximum absolute atomic E-state index is 6.33. The van der Waals surface area contributed by atoms with E-state index in [1.54, 1.807) is 0 Å². The summed E-state index contributed by atoms with van der Waals surface area (Å²) in [5, 5.41) is 0. The van der Waals surface area contributed by atoms with Crippen LogP contribution in [0.25, 0.3) is 0 Å². The van der Waals surface area contributed by atoms with Crippen molar-refractivity contribution in [2.24, 2.45) is 58.2 Å². The summed E-state index contributed by atoms with van der Waals surface area (Å²) in [6, 6.07) is 0. The van der Waals surface area contributed by atoms with Gasteiger partial charge in [0.15, 0.2) is 0 Å². The van der Waals surface area contributed by atoms with E-state index in [1.165, 1.54) is 64.2 Å². The molecule has 0 N–H and O–H groups in total. The summed E-state index contributed by atoms with van der Waals surface area (Å²) in [6.07, 6.45) is 16.0. The fourth-order valence-electron chi connectivity index (χ4n) is 10.2. The third kappa shape index (κ3) is 3.10. The minimum Gasteiger partial charge on any atom is -0.369 e. The largest absolute Gasteiger partial charge is 0.369 e. The van der Waals surface area contributed by atoms with Gasteiger partial charge in [0.1, 0.15) is 0 Å². The standard InChI is InChI=1S/C28H48O/c1-17(2)8-7-9-18(3)21-12-13-23-20-10-11-22-19(4)16-25-26(29-25)28(22,6)24(20)14-15-27(21,23)5/h17-26H,7-16H2,1-6H3/t18-,19+,20+,21-,22+,23+,24+,25-,26-,27-,28+/m1/s1. The molecule has 5 aliphatic rings. The first-order valence-electron chi connectivity index (χ1n) is 13.4. The molecule has 4 aliphatic carbocycles. The Balaban J connectivity index is 1.32. The first-order valence-corrected chi connectivity index (χ1v) is 13.4. The zero-order valence-corrected chi connectivity index (χ0v) is 20.3. The van der Waals surface area contributed by atoms with E-state index in [1.807, 2.05) is 0 Å². The molecule has 0 aromatic rings. The molecule has 0 aromatic carbocycles. The molecule has 5 fully saturated rings. The monoisotopic (exact) mass is 400 g/mol. The van der Waals surface area contributed by atoms with Gasteiger partial charge in [-0.05, 0) is 97.7 Å². The van der Waals surface area contributed by atoms with Crippen molar-refractivity contribution in [1.29, 1.82) is 0 Å². The highest BCUT2D eigenvalue weighted by Crippen LogP contribution is 2.71. The number of ether oxygens (including phenoxy) is 1. The maximum Gasteiger partial charge on any atom is 0.0900 e. The Morgan fingerprint density at radius 2 is 1.66 bits per heavy atom. The second-order valence-electron chi connectivity index (χ2n) is 13.3. The predicted molar refractivity (Wildman–Crippen MR) is 122 cm³/mol. The lowest BCUT2D eigenvalue weighted by Gasteiger charge is -2.61. The van der Waals surface area contributed by atoms with Gasteiger partial charge in [0.25, 0.3) is 0 Å². The van der Waals surface area contributed by atoms with Crippen molar-refractivity contribution in [2.75, 3.05) is 0 Å². The second kappa shape index (κ2) is 7.25. The highest BCUT2D eigenvalue weighted by atomic mass is 16.6.